The first-order valence-corrected chi connectivity index (χ1v) is 9.45. The van der Waals surface area contributed by atoms with Gasteiger partial charge in [-0.2, -0.15) is 0 Å². The van der Waals surface area contributed by atoms with Crippen molar-refractivity contribution >= 4 is 17.7 Å². The minimum Gasteiger partial charge on any atom is -0.469 e. The van der Waals surface area contributed by atoms with Crippen LogP contribution in [0.15, 0.2) is 42.0 Å². The van der Waals surface area contributed by atoms with E-state index in [1.165, 1.54) is 20.3 Å². The molecule has 1 aliphatic heterocycles. The lowest BCUT2D eigenvalue weighted by molar-refractivity contribution is -0.165. The maximum Gasteiger partial charge on any atom is 0.330 e. The number of Topliss-reactive ketones (excluding diaryl/α,β-unsaturated/α-hetero) is 1. The largest absolute Gasteiger partial charge is 0.469 e. The molecule has 158 valence electrons. The zero-order valence-electron chi connectivity index (χ0n) is 17.3. The Morgan fingerprint density at radius 1 is 1.14 bits per heavy atom. The molecular weight excluding hydrogens is 376 g/mol. The molecule has 1 saturated heterocycles. The quantitative estimate of drug-likeness (QED) is 0.510. The van der Waals surface area contributed by atoms with E-state index in [2.05, 4.69) is 4.74 Å². The van der Waals surface area contributed by atoms with E-state index < -0.39 is 29.6 Å². The van der Waals surface area contributed by atoms with E-state index in [9.17, 15) is 14.4 Å². The number of ether oxygens (including phenoxy) is 4. The maximum atomic E-state index is 12.7. The van der Waals surface area contributed by atoms with Gasteiger partial charge in [-0.25, -0.2) is 4.79 Å². The number of carbonyl (C=O) groups is 3. The number of methoxy groups -OCH3 is 2. The van der Waals surface area contributed by atoms with Crippen LogP contribution in [0.1, 0.15) is 32.3 Å². The number of hydrogen-bond acceptors (Lipinski definition) is 7. The number of benzene rings is 1. The van der Waals surface area contributed by atoms with Gasteiger partial charge < -0.3 is 18.9 Å². The third kappa shape index (κ3) is 6.24. The molecule has 0 aliphatic carbocycles. The molecule has 1 aromatic carbocycles. The van der Waals surface area contributed by atoms with Crippen LogP contribution in [0, 0.1) is 5.41 Å². The maximum absolute atomic E-state index is 12.7. The lowest BCUT2D eigenvalue weighted by Crippen LogP contribution is -2.42. The van der Waals surface area contributed by atoms with Crippen molar-refractivity contribution < 1.29 is 33.3 Å². The van der Waals surface area contributed by atoms with Crippen LogP contribution in [0.5, 0.6) is 0 Å². The van der Waals surface area contributed by atoms with E-state index in [-0.39, 0.29) is 30.8 Å². The molecule has 7 nitrogen and oxygen atoms in total. The monoisotopic (exact) mass is 404 g/mol. The molecule has 1 aromatic rings. The van der Waals surface area contributed by atoms with Gasteiger partial charge in [0.1, 0.15) is 0 Å². The highest BCUT2D eigenvalue weighted by Gasteiger charge is 2.43. The summed E-state index contributed by atoms with van der Waals surface area (Å²) in [5.41, 5.74) is 0.251. The van der Waals surface area contributed by atoms with Gasteiger partial charge in [0.15, 0.2) is 5.78 Å². The van der Waals surface area contributed by atoms with Crippen molar-refractivity contribution in [1.29, 1.82) is 0 Å². The fourth-order valence-corrected chi connectivity index (χ4v) is 3.12. The van der Waals surface area contributed by atoms with Gasteiger partial charge in [-0.1, -0.05) is 30.3 Å². The van der Waals surface area contributed by atoms with Crippen molar-refractivity contribution in [2.45, 2.75) is 45.5 Å². The predicted molar refractivity (Wildman–Crippen MR) is 105 cm³/mol. The van der Waals surface area contributed by atoms with Crippen LogP contribution >= 0.6 is 0 Å². The van der Waals surface area contributed by atoms with Gasteiger partial charge in [-0.15, -0.1) is 0 Å². The number of ketones is 1. The average Bonchev–Trinajstić information content (AvgIpc) is 2.87. The van der Waals surface area contributed by atoms with Gasteiger partial charge in [0.05, 0.1) is 45.1 Å². The Kier molecular flexibility index (Phi) is 8.10. The van der Waals surface area contributed by atoms with Crippen LogP contribution in [0.3, 0.4) is 0 Å². The molecule has 1 heterocycles. The summed E-state index contributed by atoms with van der Waals surface area (Å²) in [5, 5.41) is 0. The van der Waals surface area contributed by atoms with E-state index in [1.54, 1.807) is 13.8 Å². The Labute approximate surface area is 171 Å². The third-order valence-corrected chi connectivity index (χ3v) is 4.96. The van der Waals surface area contributed by atoms with Crippen LogP contribution in [0.25, 0.3) is 0 Å². The Hall–Kier alpha value is -2.51. The van der Waals surface area contributed by atoms with Crippen LogP contribution in [0.4, 0.5) is 0 Å². The SMILES string of the molecule is COC(=O)/C=C1\C[C@H](C(C)(C)C(=O)OC)O[C@@H](COCc2ccccc2)CC1=O. The lowest BCUT2D eigenvalue weighted by atomic mass is 9.82. The summed E-state index contributed by atoms with van der Waals surface area (Å²) in [6.45, 7) is 3.94. The standard InChI is InChI=1S/C22H28O7/c1-22(2,21(25)27-4)19-10-16(11-20(24)26-3)18(23)12-17(29-19)14-28-13-15-8-6-5-7-9-15/h5-9,11,17,19H,10,12-14H2,1-4H3/b16-11+/t17-,19-/m1/s1. The van der Waals surface area contributed by atoms with Crippen LogP contribution in [-0.4, -0.2) is 50.8 Å². The Balaban J connectivity index is 2.18. The van der Waals surface area contributed by atoms with Gasteiger partial charge in [-0.3, -0.25) is 9.59 Å². The summed E-state index contributed by atoms with van der Waals surface area (Å²) in [5.74, 6) is -1.31. The highest BCUT2D eigenvalue weighted by molar-refractivity contribution is 6.01. The molecule has 0 radical (unpaired) electrons. The van der Waals surface area contributed by atoms with Crippen molar-refractivity contribution in [2.24, 2.45) is 5.41 Å². The molecule has 0 unspecified atom stereocenters. The van der Waals surface area contributed by atoms with E-state index in [0.717, 1.165) is 5.56 Å². The predicted octanol–water partition coefficient (Wildman–Crippen LogP) is 2.62. The molecule has 7 heteroatoms. The molecule has 29 heavy (non-hydrogen) atoms. The van der Waals surface area contributed by atoms with Gasteiger partial charge in [0.2, 0.25) is 0 Å². The van der Waals surface area contributed by atoms with Crippen molar-refractivity contribution in [3.63, 3.8) is 0 Å². The summed E-state index contributed by atoms with van der Waals surface area (Å²) in [4.78, 5) is 36.7. The smallest absolute Gasteiger partial charge is 0.330 e. The summed E-state index contributed by atoms with van der Waals surface area (Å²) in [6.07, 6.45) is 0.0990. The van der Waals surface area contributed by atoms with Gasteiger partial charge in [-0.05, 0) is 19.4 Å². The number of carbonyl (C=O) groups excluding carboxylic acids is 3. The summed E-state index contributed by atoms with van der Waals surface area (Å²) < 4.78 is 21.4. The summed E-state index contributed by atoms with van der Waals surface area (Å²) >= 11 is 0. The number of hydrogen-bond donors (Lipinski definition) is 0. The second kappa shape index (κ2) is 10.3. The Bertz CT molecular complexity index is 752. The van der Waals surface area contributed by atoms with Crippen LogP contribution in [0.2, 0.25) is 0 Å². The molecule has 0 saturated carbocycles. The minimum atomic E-state index is -1.02. The lowest BCUT2D eigenvalue weighted by Gasteiger charge is -2.32. The molecule has 0 aromatic heterocycles. The van der Waals surface area contributed by atoms with E-state index in [1.807, 2.05) is 30.3 Å². The third-order valence-electron chi connectivity index (χ3n) is 4.96. The molecule has 0 N–H and O–H groups in total. The van der Waals surface area contributed by atoms with Crippen molar-refractivity contribution in [2.75, 3.05) is 20.8 Å². The van der Waals surface area contributed by atoms with Crippen molar-refractivity contribution in [3.05, 3.63) is 47.5 Å². The average molecular weight is 404 g/mol. The zero-order chi connectivity index (χ0) is 21.4. The van der Waals surface area contributed by atoms with Crippen LogP contribution < -0.4 is 0 Å². The first-order chi connectivity index (χ1) is 13.8. The second-order valence-corrected chi connectivity index (χ2v) is 7.48. The topological polar surface area (TPSA) is 88.1 Å². The molecule has 2 rings (SSSR count). The normalized spacial score (nSPS) is 21.5. The Morgan fingerprint density at radius 3 is 2.45 bits per heavy atom. The van der Waals surface area contributed by atoms with E-state index >= 15 is 0 Å². The fraction of sp³-hybridized carbons (Fsp3) is 0.500. The molecule has 2 atom stereocenters. The number of rotatable bonds is 7. The molecule has 1 aliphatic rings. The highest BCUT2D eigenvalue weighted by Crippen LogP contribution is 2.34. The zero-order valence-corrected chi connectivity index (χ0v) is 17.3. The van der Waals surface area contributed by atoms with Crippen LogP contribution in [-0.2, 0) is 39.9 Å². The first kappa shape index (κ1) is 22.8. The molecule has 1 fully saturated rings. The molecular formula is C22H28O7. The van der Waals surface area contributed by atoms with E-state index in [4.69, 9.17) is 14.2 Å². The number of esters is 2. The first-order valence-electron chi connectivity index (χ1n) is 9.45. The van der Waals surface area contributed by atoms with Crippen molar-refractivity contribution in [3.8, 4) is 0 Å². The van der Waals surface area contributed by atoms with E-state index in [0.29, 0.717) is 6.61 Å². The van der Waals surface area contributed by atoms with Gasteiger partial charge in [0, 0.05) is 24.5 Å². The summed E-state index contributed by atoms with van der Waals surface area (Å²) in [7, 11) is 2.55. The van der Waals surface area contributed by atoms with Gasteiger partial charge >= 0.3 is 11.9 Å². The highest BCUT2D eigenvalue weighted by atomic mass is 16.6. The van der Waals surface area contributed by atoms with Gasteiger partial charge in [0.25, 0.3) is 0 Å². The van der Waals surface area contributed by atoms with Crippen molar-refractivity contribution in [1.82, 2.24) is 0 Å². The second-order valence-electron chi connectivity index (χ2n) is 7.48. The molecule has 0 spiro atoms. The fourth-order valence-electron chi connectivity index (χ4n) is 3.12. The Morgan fingerprint density at radius 2 is 1.83 bits per heavy atom. The molecule has 0 amide bonds. The minimum absolute atomic E-state index is 0.0470. The summed E-state index contributed by atoms with van der Waals surface area (Å²) in [6, 6.07) is 9.65. The molecule has 0 bridgehead atoms.